The number of hydrogen-bond acceptors (Lipinski definition) is 4. The Morgan fingerprint density at radius 3 is 3.36 bits per heavy atom. The van der Waals surface area contributed by atoms with Gasteiger partial charge in [0.15, 0.2) is 5.16 Å². The van der Waals surface area contributed by atoms with Crippen molar-refractivity contribution in [2.24, 2.45) is 0 Å². The van der Waals surface area contributed by atoms with E-state index in [1.54, 1.807) is 17.8 Å². The first kappa shape index (κ1) is 6.72. The summed E-state index contributed by atoms with van der Waals surface area (Å²) in [5.41, 5.74) is 5.93. The van der Waals surface area contributed by atoms with E-state index in [1.165, 1.54) is 0 Å². The Labute approximate surface area is 68.0 Å². The molecule has 2 heterocycles. The third kappa shape index (κ3) is 1.01. The Kier molecular flexibility index (Phi) is 1.38. The minimum atomic E-state index is 0.440. The topological polar surface area (TPSA) is 67.7 Å². The van der Waals surface area contributed by atoms with Crippen LogP contribution in [0.15, 0.2) is 11.2 Å². The molecular formula is C6H8N4S. The van der Waals surface area contributed by atoms with Crippen LogP contribution in [-0.2, 0) is 6.54 Å². The van der Waals surface area contributed by atoms with Crippen molar-refractivity contribution < 1.29 is 0 Å². The molecule has 0 saturated carbocycles. The van der Waals surface area contributed by atoms with Crippen molar-refractivity contribution in [2.75, 3.05) is 11.5 Å². The van der Waals surface area contributed by atoms with Crippen molar-refractivity contribution >= 4 is 17.6 Å². The molecule has 0 fully saturated rings. The number of rotatable bonds is 0. The van der Waals surface area contributed by atoms with Gasteiger partial charge in [-0.2, -0.15) is 0 Å². The van der Waals surface area contributed by atoms with E-state index >= 15 is 0 Å². The van der Waals surface area contributed by atoms with E-state index < -0.39 is 0 Å². The summed E-state index contributed by atoms with van der Waals surface area (Å²) in [6, 6.07) is 1.58. The molecule has 3 N–H and O–H groups in total. The molecule has 0 radical (unpaired) electrons. The molecule has 0 spiro atoms. The molecule has 4 nitrogen and oxygen atoms in total. The summed E-state index contributed by atoms with van der Waals surface area (Å²) in [5.74, 6) is 1.44. The molecule has 0 atom stereocenters. The highest BCUT2D eigenvalue weighted by molar-refractivity contribution is 7.99. The molecule has 5 heteroatoms. The fraction of sp³-hybridized carbons (Fsp3) is 0.333. The van der Waals surface area contributed by atoms with Gasteiger partial charge in [-0.1, -0.05) is 11.8 Å². The second-order valence-electron chi connectivity index (χ2n) is 2.35. The lowest BCUT2D eigenvalue weighted by atomic mass is 10.5. The summed E-state index contributed by atoms with van der Waals surface area (Å²) in [4.78, 5) is 4.10. The largest absolute Gasteiger partial charge is 0.383 e. The maximum atomic E-state index is 7.52. The number of nitrogen functional groups attached to an aromatic ring is 1. The van der Waals surface area contributed by atoms with E-state index in [4.69, 9.17) is 11.1 Å². The minimum absolute atomic E-state index is 0.440. The van der Waals surface area contributed by atoms with Gasteiger partial charge in [0.2, 0.25) is 0 Å². The maximum absolute atomic E-state index is 7.52. The van der Waals surface area contributed by atoms with Crippen LogP contribution < -0.4 is 11.2 Å². The number of nitrogens with two attached hydrogens (primary N) is 1. The molecular weight excluding hydrogens is 160 g/mol. The average Bonchev–Trinajstić information content (AvgIpc) is 2.34. The van der Waals surface area contributed by atoms with Gasteiger partial charge in [0, 0.05) is 18.4 Å². The van der Waals surface area contributed by atoms with E-state index in [2.05, 4.69) is 4.98 Å². The van der Waals surface area contributed by atoms with Crippen LogP contribution >= 0.6 is 11.8 Å². The number of nitrogens with zero attached hydrogens (tertiary/aromatic N) is 2. The van der Waals surface area contributed by atoms with E-state index in [9.17, 15) is 0 Å². The maximum Gasteiger partial charge on any atom is 0.171 e. The van der Waals surface area contributed by atoms with Gasteiger partial charge in [0.1, 0.15) is 11.3 Å². The van der Waals surface area contributed by atoms with Gasteiger partial charge in [0.05, 0.1) is 0 Å². The van der Waals surface area contributed by atoms with Crippen LogP contribution in [0.3, 0.4) is 0 Å². The second kappa shape index (κ2) is 2.27. The second-order valence-corrected chi connectivity index (χ2v) is 3.41. The predicted octanol–water partition coefficient (Wildman–Crippen LogP) is 0.0505. The molecule has 0 aliphatic carbocycles. The third-order valence-electron chi connectivity index (χ3n) is 1.58. The predicted molar refractivity (Wildman–Crippen MR) is 43.2 cm³/mol. The fourth-order valence-electron chi connectivity index (χ4n) is 1.08. The quantitative estimate of drug-likeness (QED) is 0.538. The summed E-state index contributed by atoms with van der Waals surface area (Å²) in [6.07, 6.45) is 0. The Hall–Kier alpha value is -0.970. The van der Waals surface area contributed by atoms with Crippen LogP contribution in [-0.4, -0.2) is 15.3 Å². The van der Waals surface area contributed by atoms with E-state index in [1.807, 2.05) is 4.57 Å². The molecule has 2 rings (SSSR count). The van der Waals surface area contributed by atoms with Crippen molar-refractivity contribution in [3.05, 3.63) is 11.6 Å². The highest BCUT2D eigenvalue weighted by Crippen LogP contribution is 2.20. The number of hydrogen-bond donors (Lipinski definition) is 2. The Bertz CT molecular complexity index is 343. The lowest BCUT2D eigenvalue weighted by Crippen LogP contribution is -2.20. The van der Waals surface area contributed by atoms with Gasteiger partial charge in [-0.05, 0) is 0 Å². The fourth-order valence-corrected chi connectivity index (χ4v) is 2.05. The first-order chi connectivity index (χ1) is 5.27. The summed E-state index contributed by atoms with van der Waals surface area (Å²) >= 11 is 1.65. The van der Waals surface area contributed by atoms with Crippen molar-refractivity contribution in [1.82, 2.24) is 9.55 Å². The van der Waals surface area contributed by atoms with Crippen LogP contribution in [0.2, 0.25) is 0 Å². The summed E-state index contributed by atoms with van der Waals surface area (Å²) in [6.45, 7) is 0.881. The zero-order valence-corrected chi connectivity index (χ0v) is 6.69. The van der Waals surface area contributed by atoms with Gasteiger partial charge < -0.3 is 10.3 Å². The van der Waals surface area contributed by atoms with Crippen molar-refractivity contribution in [3.8, 4) is 0 Å². The first-order valence-electron chi connectivity index (χ1n) is 3.32. The minimum Gasteiger partial charge on any atom is -0.383 e. The van der Waals surface area contributed by atoms with E-state index in [0.29, 0.717) is 11.3 Å². The average molecular weight is 168 g/mol. The van der Waals surface area contributed by atoms with Crippen molar-refractivity contribution in [1.29, 1.82) is 5.41 Å². The van der Waals surface area contributed by atoms with Gasteiger partial charge in [-0.25, -0.2) is 4.98 Å². The Morgan fingerprint density at radius 2 is 2.55 bits per heavy atom. The molecule has 58 valence electrons. The Morgan fingerprint density at radius 1 is 1.73 bits per heavy atom. The van der Waals surface area contributed by atoms with Crippen LogP contribution in [0, 0.1) is 5.41 Å². The van der Waals surface area contributed by atoms with Crippen LogP contribution in [0.1, 0.15) is 0 Å². The summed E-state index contributed by atoms with van der Waals surface area (Å²) in [5, 5.41) is 8.39. The van der Waals surface area contributed by atoms with Crippen LogP contribution in [0.5, 0.6) is 0 Å². The highest BCUT2D eigenvalue weighted by atomic mass is 32.2. The van der Waals surface area contributed by atoms with Gasteiger partial charge >= 0.3 is 0 Å². The molecule has 1 aliphatic rings. The third-order valence-corrected chi connectivity index (χ3v) is 2.53. The van der Waals surface area contributed by atoms with Gasteiger partial charge in [0.25, 0.3) is 0 Å². The number of thioether (sulfide) groups is 1. The van der Waals surface area contributed by atoms with E-state index in [-0.39, 0.29) is 0 Å². The lowest BCUT2D eigenvalue weighted by molar-refractivity contribution is 0.638. The smallest absolute Gasteiger partial charge is 0.171 e. The molecule has 0 aromatic carbocycles. The number of nitrogens with one attached hydrogen (secondary N) is 1. The summed E-state index contributed by atoms with van der Waals surface area (Å²) < 4.78 is 1.86. The summed E-state index contributed by atoms with van der Waals surface area (Å²) in [7, 11) is 0. The molecule has 1 aromatic rings. The molecule has 1 aliphatic heterocycles. The molecule has 11 heavy (non-hydrogen) atoms. The zero-order chi connectivity index (χ0) is 7.84. The van der Waals surface area contributed by atoms with Gasteiger partial charge in [-0.15, -0.1) is 0 Å². The van der Waals surface area contributed by atoms with Crippen LogP contribution in [0.25, 0.3) is 0 Å². The standard InChI is InChI=1S/C6H8N4S/c7-4-3-5(8)10-1-2-11-6(10)9-4/h3,8H,1-2,7H2. The Balaban J connectivity index is 2.70. The van der Waals surface area contributed by atoms with Gasteiger partial charge in [-0.3, -0.25) is 5.41 Å². The monoisotopic (exact) mass is 168 g/mol. The number of anilines is 1. The molecule has 0 unspecified atom stereocenters. The number of fused-ring (bicyclic) bond motifs is 1. The van der Waals surface area contributed by atoms with Crippen molar-refractivity contribution in [3.63, 3.8) is 0 Å². The molecule has 0 bridgehead atoms. The number of aromatic nitrogens is 2. The van der Waals surface area contributed by atoms with E-state index in [0.717, 1.165) is 17.5 Å². The lowest BCUT2D eigenvalue weighted by Gasteiger charge is -2.01. The molecule has 1 aromatic heterocycles. The molecule has 0 saturated heterocycles. The normalized spacial score (nSPS) is 14.9. The zero-order valence-electron chi connectivity index (χ0n) is 5.87. The van der Waals surface area contributed by atoms with Crippen LogP contribution in [0.4, 0.5) is 5.82 Å². The first-order valence-corrected chi connectivity index (χ1v) is 4.31. The van der Waals surface area contributed by atoms with Crippen molar-refractivity contribution in [2.45, 2.75) is 11.7 Å². The molecule has 0 amide bonds. The highest BCUT2D eigenvalue weighted by Gasteiger charge is 2.11. The SMILES string of the molecule is N=c1cc(N)nc2n1CCS2.